The highest BCUT2D eigenvalue weighted by Crippen LogP contribution is 2.22. The Labute approximate surface area is 121 Å². The van der Waals surface area contributed by atoms with E-state index in [9.17, 15) is 4.79 Å². The normalized spacial score (nSPS) is 11.2. The molecule has 0 heterocycles. The average molecular weight is 335 g/mol. The summed E-state index contributed by atoms with van der Waals surface area (Å²) in [6, 6.07) is 5.58. The van der Waals surface area contributed by atoms with E-state index in [-0.39, 0.29) is 6.09 Å². The van der Waals surface area contributed by atoms with E-state index < -0.39 is 5.60 Å². The van der Waals surface area contributed by atoms with Crippen molar-refractivity contribution in [1.29, 1.82) is 0 Å². The second-order valence-electron chi connectivity index (χ2n) is 5.07. The summed E-state index contributed by atoms with van der Waals surface area (Å²) in [5.74, 6) is 0. The topological polar surface area (TPSA) is 29.5 Å². The van der Waals surface area contributed by atoms with Crippen molar-refractivity contribution in [3.63, 3.8) is 0 Å². The Kier molecular flexibility index (Phi) is 5.05. The van der Waals surface area contributed by atoms with Crippen LogP contribution in [0.15, 0.2) is 22.7 Å². The van der Waals surface area contributed by atoms with Gasteiger partial charge in [0, 0.05) is 16.5 Å². The fourth-order valence-corrected chi connectivity index (χ4v) is 2.04. The van der Waals surface area contributed by atoms with E-state index in [0.29, 0.717) is 11.6 Å². The van der Waals surface area contributed by atoms with E-state index in [1.54, 1.807) is 13.1 Å². The number of carbonyl (C=O) groups excluding carboxylic acids is 1. The second-order valence-corrected chi connectivity index (χ2v) is 6.40. The zero-order valence-electron chi connectivity index (χ0n) is 11.0. The summed E-state index contributed by atoms with van der Waals surface area (Å²) in [4.78, 5) is 13.3. The molecule has 0 aliphatic carbocycles. The van der Waals surface area contributed by atoms with Gasteiger partial charge in [0.15, 0.2) is 0 Å². The first kappa shape index (κ1) is 15.3. The zero-order chi connectivity index (χ0) is 13.9. The van der Waals surface area contributed by atoms with Gasteiger partial charge in [-0.05, 0) is 38.5 Å². The lowest BCUT2D eigenvalue weighted by Gasteiger charge is -2.24. The van der Waals surface area contributed by atoms with Crippen LogP contribution >= 0.6 is 27.5 Å². The van der Waals surface area contributed by atoms with Crippen molar-refractivity contribution < 1.29 is 9.53 Å². The molecule has 18 heavy (non-hydrogen) atoms. The third kappa shape index (κ3) is 4.86. The van der Waals surface area contributed by atoms with Crippen molar-refractivity contribution in [3.05, 3.63) is 33.3 Å². The number of ether oxygens (including phenoxy) is 1. The Bertz CT molecular complexity index is 443. The van der Waals surface area contributed by atoms with Crippen molar-refractivity contribution in [2.45, 2.75) is 32.9 Å². The second kappa shape index (κ2) is 5.93. The minimum Gasteiger partial charge on any atom is -0.444 e. The van der Waals surface area contributed by atoms with Gasteiger partial charge in [0.25, 0.3) is 0 Å². The Morgan fingerprint density at radius 2 is 2.06 bits per heavy atom. The molecule has 0 aliphatic rings. The molecule has 0 unspecified atom stereocenters. The van der Waals surface area contributed by atoms with Crippen LogP contribution in [-0.4, -0.2) is 23.6 Å². The molecule has 0 saturated heterocycles. The summed E-state index contributed by atoms with van der Waals surface area (Å²) in [6.07, 6.45) is -0.360. The van der Waals surface area contributed by atoms with Gasteiger partial charge in [-0.2, -0.15) is 0 Å². The molecule has 0 aliphatic heterocycles. The maximum Gasteiger partial charge on any atom is 0.410 e. The zero-order valence-corrected chi connectivity index (χ0v) is 13.3. The van der Waals surface area contributed by atoms with Gasteiger partial charge in [0.2, 0.25) is 0 Å². The van der Waals surface area contributed by atoms with E-state index in [4.69, 9.17) is 16.3 Å². The third-order valence-electron chi connectivity index (χ3n) is 2.13. The van der Waals surface area contributed by atoms with E-state index >= 15 is 0 Å². The summed E-state index contributed by atoms with van der Waals surface area (Å²) in [7, 11) is 1.69. The van der Waals surface area contributed by atoms with Crippen LogP contribution in [-0.2, 0) is 11.3 Å². The van der Waals surface area contributed by atoms with Crippen LogP contribution in [0.3, 0.4) is 0 Å². The molecule has 5 heteroatoms. The molecular formula is C13H17BrClNO2. The van der Waals surface area contributed by atoms with Crippen LogP contribution in [0.2, 0.25) is 5.02 Å². The quantitative estimate of drug-likeness (QED) is 0.798. The van der Waals surface area contributed by atoms with Crippen molar-refractivity contribution in [2.75, 3.05) is 7.05 Å². The van der Waals surface area contributed by atoms with Crippen LogP contribution in [0.25, 0.3) is 0 Å². The van der Waals surface area contributed by atoms with Crippen LogP contribution in [0, 0.1) is 0 Å². The summed E-state index contributed by atoms with van der Waals surface area (Å²) >= 11 is 9.44. The number of nitrogens with zero attached hydrogens (tertiary/aromatic N) is 1. The SMILES string of the molecule is CN(Cc1ccc(Br)cc1Cl)C(=O)OC(C)(C)C. The molecule has 0 aromatic heterocycles. The number of hydrogen-bond acceptors (Lipinski definition) is 2. The summed E-state index contributed by atoms with van der Waals surface area (Å²) < 4.78 is 6.18. The number of hydrogen-bond donors (Lipinski definition) is 0. The van der Waals surface area contributed by atoms with E-state index in [2.05, 4.69) is 15.9 Å². The standard InChI is InChI=1S/C13H17BrClNO2/c1-13(2,3)18-12(17)16(4)8-9-5-6-10(14)7-11(9)15/h5-7H,8H2,1-4H3. The van der Waals surface area contributed by atoms with Crippen LogP contribution < -0.4 is 0 Å². The number of amides is 1. The summed E-state index contributed by atoms with van der Waals surface area (Å²) in [5.41, 5.74) is 0.391. The lowest BCUT2D eigenvalue weighted by molar-refractivity contribution is 0.0285. The van der Waals surface area contributed by atoms with Crippen LogP contribution in [0.1, 0.15) is 26.3 Å². The molecule has 0 fully saturated rings. The molecule has 0 radical (unpaired) electrons. The molecule has 0 saturated carbocycles. The first-order valence-electron chi connectivity index (χ1n) is 5.57. The molecule has 1 rings (SSSR count). The first-order valence-corrected chi connectivity index (χ1v) is 6.74. The third-order valence-corrected chi connectivity index (χ3v) is 2.97. The smallest absolute Gasteiger partial charge is 0.410 e. The maximum atomic E-state index is 11.8. The van der Waals surface area contributed by atoms with Gasteiger partial charge in [-0.25, -0.2) is 4.79 Å². The lowest BCUT2D eigenvalue weighted by atomic mass is 10.2. The monoisotopic (exact) mass is 333 g/mol. The number of carbonyl (C=O) groups is 1. The number of halogens is 2. The van der Waals surface area contributed by atoms with Gasteiger partial charge in [0.1, 0.15) is 5.60 Å². The lowest BCUT2D eigenvalue weighted by Crippen LogP contribution is -2.33. The minimum atomic E-state index is -0.491. The van der Waals surface area contributed by atoms with Gasteiger partial charge in [-0.15, -0.1) is 0 Å². The minimum absolute atomic E-state index is 0.360. The van der Waals surface area contributed by atoms with Gasteiger partial charge in [0.05, 0.1) is 6.54 Å². The molecule has 0 bridgehead atoms. The van der Waals surface area contributed by atoms with Gasteiger partial charge >= 0.3 is 6.09 Å². The van der Waals surface area contributed by atoms with E-state index in [0.717, 1.165) is 10.0 Å². The van der Waals surface area contributed by atoms with Crippen molar-refractivity contribution in [1.82, 2.24) is 4.90 Å². The molecule has 1 amide bonds. The highest BCUT2D eigenvalue weighted by molar-refractivity contribution is 9.10. The predicted octanol–water partition coefficient (Wildman–Crippen LogP) is 4.47. The Morgan fingerprint density at radius 1 is 1.44 bits per heavy atom. The Balaban J connectivity index is 2.69. The molecule has 100 valence electrons. The molecule has 0 atom stereocenters. The van der Waals surface area contributed by atoms with E-state index in [1.165, 1.54) is 4.90 Å². The fraction of sp³-hybridized carbons (Fsp3) is 0.462. The van der Waals surface area contributed by atoms with Crippen molar-refractivity contribution in [2.24, 2.45) is 0 Å². The maximum absolute atomic E-state index is 11.8. The molecule has 1 aromatic rings. The van der Waals surface area contributed by atoms with Gasteiger partial charge in [-0.3, -0.25) is 0 Å². The van der Waals surface area contributed by atoms with Gasteiger partial charge in [-0.1, -0.05) is 33.6 Å². The fourth-order valence-electron chi connectivity index (χ4n) is 1.31. The number of rotatable bonds is 2. The van der Waals surface area contributed by atoms with E-state index in [1.807, 2.05) is 32.9 Å². The Hall–Kier alpha value is -0.740. The van der Waals surface area contributed by atoms with Crippen LogP contribution in [0.4, 0.5) is 4.79 Å². The summed E-state index contributed by atoms with van der Waals surface area (Å²) in [6.45, 7) is 5.93. The predicted molar refractivity (Wildman–Crippen MR) is 76.9 cm³/mol. The first-order chi connectivity index (χ1) is 8.19. The molecule has 0 spiro atoms. The molecule has 1 aromatic carbocycles. The summed E-state index contributed by atoms with van der Waals surface area (Å²) in [5, 5.41) is 0.625. The molecule has 3 nitrogen and oxygen atoms in total. The Morgan fingerprint density at radius 3 is 2.56 bits per heavy atom. The molecule has 0 N–H and O–H groups in total. The highest BCUT2D eigenvalue weighted by atomic mass is 79.9. The van der Waals surface area contributed by atoms with Gasteiger partial charge < -0.3 is 9.64 Å². The molecular weight excluding hydrogens is 318 g/mol. The van der Waals surface area contributed by atoms with Crippen LogP contribution in [0.5, 0.6) is 0 Å². The highest BCUT2D eigenvalue weighted by Gasteiger charge is 2.20. The number of benzene rings is 1. The van der Waals surface area contributed by atoms with Crippen molar-refractivity contribution in [3.8, 4) is 0 Å². The van der Waals surface area contributed by atoms with Crippen molar-refractivity contribution >= 4 is 33.6 Å². The largest absolute Gasteiger partial charge is 0.444 e. The average Bonchev–Trinajstić information content (AvgIpc) is 2.19.